The van der Waals surface area contributed by atoms with Crippen LogP contribution >= 0.6 is 0 Å². The number of nitrogens with two attached hydrogens (primary N) is 1. The van der Waals surface area contributed by atoms with Crippen LogP contribution in [0, 0.1) is 0 Å². The molecule has 1 aliphatic heterocycles. The van der Waals surface area contributed by atoms with Crippen molar-refractivity contribution in [1.82, 2.24) is 4.90 Å². The molecule has 2 rings (SSSR count). The van der Waals surface area contributed by atoms with Gasteiger partial charge in [-0.05, 0) is 51.1 Å². The van der Waals surface area contributed by atoms with Crippen LogP contribution in [0.4, 0.5) is 0 Å². The Hall–Kier alpha value is -1.95. The second-order valence-electron chi connectivity index (χ2n) is 4.98. The molecule has 116 valence electrons. The van der Waals surface area contributed by atoms with Crippen LogP contribution < -0.4 is 15.2 Å². The molecular weight excluding hydrogens is 270 g/mol. The molecule has 1 aromatic carbocycles. The molecule has 0 aromatic heterocycles. The molecule has 1 aromatic rings. The van der Waals surface area contributed by atoms with Crippen LogP contribution in [0.3, 0.4) is 0 Å². The van der Waals surface area contributed by atoms with E-state index in [1.807, 2.05) is 6.92 Å². The number of benzene rings is 1. The first kappa shape index (κ1) is 15.4. The predicted octanol–water partition coefficient (Wildman–Crippen LogP) is 1.65. The number of hydrogen-bond donors (Lipinski definition) is 2. The minimum absolute atomic E-state index is 0.0552. The predicted molar refractivity (Wildman–Crippen MR) is 81.3 cm³/mol. The van der Waals surface area contributed by atoms with Gasteiger partial charge in [0.05, 0.1) is 6.61 Å². The minimum Gasteiger partial charge on any atom is -0.490 e. The molecule has 1 saturated heterocycles. The van der Waals surface area contributed by atoms with Crippen molar-refractivity contribution in [3.8, 4) is 11.5 Å². The highest BCUT2D eigenvalue weighted by Gasteiger charge is 2.12. The van der Waals surface area contributed by atoms with Crippen LogP contribution in [0.2, 0.25) is 0 Å². The first-order valence-corrected chi connectivity index (χ1v) is 7.34. The summed E-state index contributed by atoms with van der Waals surface area (Å²) in [5.74, 6) is 1.35. The molecule has 1 aliphatic rings. The van der Waals surface area contributed by atoms with Gasteiger partial charge >= 0.3 is 0 Å². The molecule has 0 saturated carbocycles. The van der Waals surface area contributed by atoms with E-state index in [4.69, 9.17) is 20.4 Å². The standard InChI is InChI=1S/C15H23N3O3/c1-2-20-14-11-12(15(16)17-19)5-6-13(14)21-10-9-18-7-3-4-8-18/h5-6,11,19H,2-4,7-10H2,1H3,(H2,16,17). The Bertz CT molecular complexity index is 485. The third kappa shape index (κ3) is 4.26. The Kier molecular flexibility index (Phi) is 5.68. The summed E-state index contributed by atoms with van der Waals surface area (Å²) in [6.07, 6.45) is 2.55. The van der Waals surface area contributed by atoms with E-state index < -0.39 is 0 Å². The van der Waals surface area contributed by atoms with Crippen LogP contribution in [0.1, 0.15) is 25.3 Å². The summed E-state index contributed by atoms with van der Waals surface area (Å²) in [4.78, 5) is 2.39. The monoisotopic (exact) mass is 293 g/mol. The van der Waals surface area contributed by atoms with Crippen molar-refractivity contribution >= 4 is 5.84 Å². The number of likely N-dealkylation sites (tertiary alicyclic amines) is 1. The third-order valence-corrected chi connectivity index (χ3v) is 3.51. The zero-order valence-corrected chi connectivity index (χ0v) is 12.4. The normalized spacial score (nSPS) is 16.1. The van der Waals surface area contributed by atoms with E-state index in [0.717, 1.165) is 19.6 Å². The highest BCUT2D eigenvalue weighted by molar-refractivity contribution is 5.97. The largest absolute Gasteiger partial charge is 0.490 e. The van der Waals surface area contributed by atoms with E-state index in [1.54, 1.807) is 18.2 Å². The highest BCUT2D eigenvalue weighted by atomic mass is 16.5. The molecule has 3 N–H and O–H groups in total. The highest BCUT2D eigenvalue weighted by Crippen LogP contribution is 2.28. The van der Waals surface area contributed by atoms with E-state index >= 15 is 0 Å². The molecular formula is C15H23N3O3. The van der Waals surface area contributed by atoms with Gasteiger partial charge in [-0.1, -0.05) is 5.16 Å². The van der Waals surface area contributed by atoms with Gasteiger partial charge in [0, 0.05) is 12.1 Å². The SMILES string of the molecule is CCOc1cc(/C(N)=N/O)ccc1OCCN1CCCC1. The van der Waals surface area contributed by atoms with Crippen molar-refractivity contribution in [2.45, 2.75) is 19.8 Å². The number of rotatable bonds is 7. The van der Waals surface area contributed by atoms with Crippen LogP contribution in [-0.2, 0) is 0 Å². The van der Waals surface area contributed by atoms with E-state index in [2.05, 4.69) is 10.1 Å². The van der Waals surface area contributed by atoms with E-state index in [9.17, 15) is 0 Å². The maximum atomic E-state index is 8.73. The van der Waals surface area contributed by atoms with Gasteiger partial charge in [-0.25, -0.2) is 0 Å². The van der Waals surface area contributed by atoms with Crippen LogP contribution in [0.5, 0.6) is 11.5 Å². The number of nitrogens with zero attached hydrogens (tertiary/aromatic N) is 2. The fourth-order valence-electron chi connectivity index (χ4n) is 2.40. The van der Waals surface area contributed by atoms with Gasteiger partial charge in [0.1, 0.15) is 6.61 Å². The number of hydrogen-bond acceptors (Lipinski definition) is 5. The number of oxime groups is 1. The third-order valence-electron chi connectivity index (χ3n) is 3.51. The smallest absolute Gasteiger partial charge is 0.170 e. The summed E-state index contributed by atoms with van der Waals surface area (Å²) < 4.78 is 11.4. The molecule has 0 bridgehead atoms. The Balaban J connectivity index is 1.99. The molecule has 0 spiro atoms. The first-order chi connectivity index (χ1) is 10.2. The van der Waals surface area contributed by atoms with Crippen LogP contribution in [-0.4, -0.2) is 48.8 Å². The summed E-state index contributed by atoms with van der Waals surface area (Å²) in [5, 5.41) is 11.7. The lowest BCUT2D eigenvalue weighted by Crippen LogP contribution is -2.25. The van der Waals surface area contributed by atoms with Crippen molar-refractivity contribution in [1.29, 1.82) is 0 Å². The second-order valence-corrected chi connectivity index (χ2v) is 4.98. The van der Waals surface area contributed by atoms with Gasteiger partial charge in [0.25, 0.3) is 0 Å². The Morgan fingerprint density at radius 1 is 1.29 bits per heavy atom. The van der Waals surface area contributed by atoms with Gasteiger partial charge in [-0.3, -0.25) is 4.90 Å². The molecule has 0 unspecified atom stereocenters. The van der Waals surface area contributed by atoms with E-state index in [0.29, 0.717) is 30.3 Å². The maximum absolute atomic E-state index is 8.73. The van der Waals surface area contributed by atoms with Crippen molar-refractivity contribution in [2.75, 3.05) is 32.8 Å². The average molecular weight is 293 g/mol. The van der Waals surface area contributed by atoms with Crippen LogP contribution in [0.25, 0.3) is 0 Å². The fraction of sp³-hybridized carbons (Fsp3) is 0.533. The van der Waals surface area contributed by atoms with Gasteiger partial charge < -0.3 is 20.4 Å². The van der Waals surface area contributed by atoms with Gasteiger partial charge in [-0.2, -0.15) is 0 Å². The Labute approximate surface area is 125 Å². The molecule has 0 aliphatic carbocycles. The minimum atomic E-state index is 0.0552. The van der Waals surface area contributed by atoms with Gasteiger partial charge in [-0.15, -0.1) is 0 Å². The molecule has 6 heteroatoms. The van der Waals surface area contributed by atoms with Crippen LogP contribution in [0.15, 0.2) is 23.4 Å². The Morgan fingerprint density at radius 2 is 2.05 bits per heavy atom. The van der Waals surface area contributed by atoms with Crippen molar-refractivity contribution in [3.63, 3.8) is 0 Å². The zero-order valence-electron chi connectivity index (χ0n) is 12.4. The maximum Gasteiger partial charge on any atom is 0.170 e. The molecule has 0 atom stereocenters. The van der Waals surface area contributed by atoms with Gasteiger partial charge in [0.15, 0.2) is 17.3 Å². The first-order valence-electron chi connectivity index (χ1n) is 7.34. The fourth-order valence-corrected chi connectivity index (χ4v) is 2.40. The molecule has 0 amide bonds. The topological polar surface area (TPSA) is 80.3 Å². The zero-order chi connectivity index (χ0) is 15.1. The molecule has 1 heterocycles. The Morgan fingerprint density at radius 3 is 2.71 bits per heavy atom. The molecule has 21 heavy (non-hydrogen) atoms. The number of amidine groups is 1. The lowest BCUT2D eigenvalue weighted by atomic mass is 10.2. The summed E-state index contributed by atoms with van der Waals surface area (Å²) in [6.45, 7) is 6.30. The quantitative estimate of drug-likeness (QED) is 0.346. The van der Waals surface area contributed by atoms with Crippen molar-refractivity contribution < 1.29 is 14.7 Å². The molecule has 1 fully saturated rings. The summed E-state index contributed by atoms with van der Waals surface area (Å²) in [5.41, 5.74) is 6.19. The average Bonchev–Trinajstić information content (AvgIpc) is 3.01. The second kappa shape index (κ2) is 7.73. The summed E-state index contributed by atoms with van der Waals surface area (Å²) >= 11 is 0. The van der Waals surface area contributed by atoms with E-state index in [-0.39, 0.29) is 5.84 Å². The van der Waals surface area contributed by atoms with Crippen molar-refractivity contribution in [2.24, 2.45) is 10.9 Å². The van der Waals surface area contributed by atoms with E-state index in [1.165, 1.54) is 12.8 Å². The van der Waals surface area contributed by atoms with Gasteiger partial charge in [0.2, 0.25) is 0 Å². The number of ether oxygens (including phenoxy) is 2. The molecule has 0 radical (unpaired) electrons. The summed E-state index contributed by atoms with van der Waals surface area (Å²) in [6, 6.07) is 5.27. The molecule has 6 nitrogen and oxygen atoms in total. The summed E-state index contributed by atoms with van der Waals surface area (Å²) in [7, 11) is 0. The lowest BCUT2D eigenvalue weighted by molar-refractivity contribution is 0.226. The van der Waals surface area contributed by atoms with Crippen molar-refractivity contribution in [3.05, 3.63) is 23.8 Å². The lowest BCUT2D eigenvalue weighted by Gasteiger charge is -2.17.